The molecule has 20 heavy (non-hydrogen) atoms. The predicted octanol–water partition coefficient (Wildman–Crippen LogP) is 1.55. The molecule has 0 saturated carbocycles. The fourth-order valence-electron chi connectivity index (χ4n) is 1.85. The molecule has 0 radical (unpaired) electrons. The third-order valence-electron chi connectivity index (χ3n) is 2.80. The van der Waals surface area contributed by atoms with Crippen LogP contribution in [0.5, 0.6) is 5.75 Å². The Balaban J connectivity index is 1.99. The maximum Gasteiger partial charge on any atom is 0.307 e. The SMILES string of the molecule is O=C(O)Cc1ccccc1OCCn1ccccc1=O. The average Bonchev–Trinajstić information content (AvgIpc) is 2.42. The Morgan fingerprint density at radius 3 is 2.65 bits per heavy atom. The van der Waals surface area contributed by atoms with E-state index in [2.05, 4.69) is 0 Å². The number of rotatable bonds is 6. The molecule has 0 fully saturated rings. The second kappa shape index (κ2) is 6.56. The molecule has 0 aliphatic rings. The Morgan fingerprint density at radius 2 is 1.90 bits per heavy atom. The highest BCUT2D eigenvalue weighted by Crippen LogP contribution is 2.18. The first kappa shape index (κ1) is 13.9. The van der Waals surface area contributed by atoms with Crippen molar-refractivity contribution < 1.29 is 14.6 Å². The van der Waals surface area contributed by atoms with Crippen molar-refractivity contribution in [3.63, 3.8) is 0 Å². The molecule has 1 aromatic carbocycles. The quantitative estimate of drug-likeness (QED) is 0.867. The number of pyridine rings is 1. The van der Waals surface area contributed by atoms with Gasteiger partial charge in [0, 0.05) is 17.8 Å². The Morgan fingerprint density at radius 1 is 1.15 bits per heavy atom. The van der Waals surface area contributed by atoms with Crippen LogP contribution in [0.25, 0.3) is 0 Å². The van der Waals surface area contributed by atoms with Crippen LogP contribution in [0.4, 0.5) is 0 Å². The molecule has 0 atom stereocenters. The summed E-state index contributed by atoms with van der Waals surface area (Å²) in [6, 6.07) is 12.0. The van der Waals surface area contributed by atoms with Gasteiger partial charge in [-0.1, -0.05) is 24.3 Å². The van der Waals surface area contributed by atoms with Crippen LogP contribution in [0.15, 0.2) is 53.5 Å². The van der Waals surface area contributed by atoms with Gasteiger partial charge in [-0.2, -0.15) is 0 Å². The summed E-state index contributed by atoms with van der Waals surface area (Å²) < 4.78 is 7.12. The third-order valence-corrected chi connectivity index (χ3v) is 2.80. The molecule has 5 heteroatoms. The van der Waals surface area contributed by atoms with E-state index in [0.717, 1.165) is 0 Å². The first-order valence-electron chi connectivity index (χ1n) is 6.25. The summed E-state index contributed by atoms with van der Waals surface area (Å²) in [6.07, 6.45) is 1.61. The fourth-order valence-corrected chi connectivity index (χ4v) is 1.85. The van der Waals surface area contributed by atoms with Gasteiger partial charge < -0.3 is 14.4 Å². The molecule has 0 amide bonds. The van der Waals surface area contributed by atoms with Gasteiger partial charge in [-0.15, -0.1) is 0 Å². The Bertz CT molecular complexity index is 648. The highest BCUT2D eigenvalue weighted by Gasteiger charge is 2.07. The summed E-state index contributed by atoms with van der Waals surface area (Å²) in [4.78, 5) is 22.3. The Labute approximate surface area is 116 Å². The van der Waals surface area contributed by atoms with Gasteiger partial charge in [0.25, 0.3) is 5.56 Å². The molecule has 0 bridgehead atoms. The maximum atomic E-state index is 11.5. The summed E-state index contributed by atoms with van der Waals surface area (Å²) in [7, 11) is 0. The first-order chi connectivity index (χ1) is 9.66. The molecule has 0 aliphatic carbocycles. The summed E-state index contributed by atoms with van der Waals surface area (Å²) in [5.74, 6) is -0.362. The van der Waals surface area contributed by atoms with E-state index in [0.29, 0.717) is 24.5 Å². The summed E-state index contributed by atoms with van der Waals surface area (Å²) in [5.41, 5.74) is 0.537. The van der Waals surface area contributed by atoms with Crippen molar-refractivity contribution in [2.24, 2.45) is 0 Å². The van der Waals surface area contributed by atoms with Crippen LogP contribution in [0, 0.1) is 0 Å². The molecular formula is C15H15NO4. The zero-order valence-corrected chi connectivity index (χ0v) is 10.9. The molecule has 2 rings (SSSR count). The molecule has 0 spiro atoms. The largest absolute Gasteiger partial charge is 0.491 e. The minimum Gasteiger partial charge on any atom is -0.491 e. The molecule has 2 aromatic rings. The number of hydrogen-bond acceptors (Lipinski definition) is 3. The number of carbonyl (C=O) groups is 1. The molecule has 0 saturated heterocycles. The number of ether oxygens (including phenoxy) is 1. The second-order valence-corrected chi connectivity index (χ2v) is 4.26. The van der Waals surface area contributed by atoms with E-state index in [1.165, 1.54) is 6.07 Å². The molecule has 0 unspecified atom stereocenters. The van der Waals surface area contributed by atoms with Crippen LogP contribution >= 0.6 is 0 Å². The number of aliphatic carboxylic acids is 1. The first-order valence-corrected chi connectivity index (χ1v) is 6.25. The number of nitrogens with zero attached hydrogens (tertiary/aromatic N) is 1. The van der Waals surface area contributed by atoms with Crippen molar-refractivity contribution in [2.45, 2.75) is 13.0 Å². The van der Waals surface area contributed by atoms with Gasteiger partial charge in [-0.05, 0) is 12.1 Å². The van der Waals surface area contributed by atoms with Gasteiger partial charge in [0.1, 0.15) is 12.4 Å². The number of aromatic nitrogens is 1. The Kier molecular flexibility index (Phi) is 4.55. The van der Waals surface area contributed by atoms with E-state index < -0.39 is 5.97 Å². The third kappa shape index (κ3) is 3.71. The van der Waals surface area contributed by atoms with Crippen molar-refractivity contribution in [3.8, 4) is 5.75 Å². The van der Waals surface area contributed by atoms with Gasteiger partial charge >= 0.3 is 5.97 Å². The topological polar surface area (TPSA) is 68.5 Å². The molecule has 0 aliphatic heterocycles. The minimum atomic E-state index is -0.902. The predicted molar refractivity (Wildman–Crippen MR) is 74.0 cm³/mol. The summed E-state index contributed by atoms with van der Waals surface area (Å²) >= 11 is 0. The summed E-state index contributed by atoms with van der Waals surface area (Å²) in [6.45, 7) is 0.724. The van der Waals surface area contributed by atoms with Crippen LogP contribution in [0.2, 0.25) is 0 Å². The lowest BCUT2D eigenvalue weighted by Gasteiger charge is -2.11. The van der Waals surface area contributed by atoms with E-state index in [1.807, 2.05) is 0 Å². The van der Waals surface area contributed by atoms with Crippen LogP contribution in [0.3, 0.4) is 0 Å². The monoisotopic (exact) mass is 273 g/mol. The number of carboxylic acid groups (broad SMARTS) is 1. The van der Waals surface area contributed by atoms with E-state index in [4.69, 9.17) is 9.84 Å². The Hall–Kier alpha value is -2.56. The molecular weight excluding hydrogens is 258 g/mol. The lowest BCUT2D eigenvalue weighted by atomic mass is 10.1. The van der Waals surface area contributed by atoms with E-state index in [1.54, 1.807) is 47.2 Å². The van der Waals surface area contributed by atoms with Crippen molar-refractivity contribution in [1.29, 1.82) is 0 Å². The van der Waals surface area contributed by atoms with Gasteiger partial charge in [0.15, 0.2) is 0 Å². The van der Waals surface area contributed by atoms with Gasteiger partial charge in [0.2, 0.25) is 0 Å². The van der Waals surface area contributed by atoms with Crippen LogP contribution < -0.4 is 10.3 Å². The van der Waals surface area contributed by atoms with Gasteiger partial charge in [-0.25, -0.2) is 0 Å². The van der Waals surface area contributed by atoms with E-state index in [-0.39, 0.29) is 12.0 Å². The van der Waals surface area contributed by atoms with E-state index >= 15 is 0 Å². The minimum absolute atomic E-state index is 0.0819. The van der Waals surface area contributed by atoms with Crippen molar-refractivity contribution >= 4 is 5.97 Å². The van der Waals surface area contributed by atoms with Crippen molar-refractivity contribution in [2.75, 3.05) is 6.61 Å². The maximum absolute atomic E-state index is 11.5. The van der Waals surface area contributed by atoms with Gasteiger partial charge in [0.05, 0.1) is 13.0 Å². The number of hydrogen-bond donors (Lipinski definition) is 1. The molecule has 1 heterocycles. The summed E-state index contributed by atoms with van der Waals surface area (Å²) in [5, 5.41) is 8.83. The lowest BCUT2D eigenvalue weighted by molar-refractivity contribution is -0.136. The second-order valence-electron chi connectivity index (χ2n) is 4.26. The average molecular weight is 273 g/mol. The molecule has 1 aromatic heterocycles. The number of carboxylic acids is 1. The molecule has 1 N–H and O–H groups in total. The smallest absolute Gasteiger partial charge is 0.307 e. The molecule has 5 nitrogen and oxygen atoms in total. The molecule has 104 valence electrons. The van der Waals surface area contributed by atoms with Gasteiger partial charge in [-0.3, -0.25) is 9.59 Å². The highest BCUT2D eigenvalue weighted by molar-refractivity contribution is 5.71. The number of para-hydroxylation sites is 1. The zero-order valence-electron chi connectivity index (χ0n) is 10.9. The van der Waals surface area contributed by atoms with Crippen LogP contribution in [0.1, 0.15) is 5.56 Å². The van der Waals surface area contributed by atoms with Crippen LogP contribution in [-0.2, 0) is 17.8 Å². The standard InChI is InChI=1S/C15H15NO4/c17-14-7-3-4-8-16(14)9-10-20-13-6-2-1-5-12(13)11-15(18)19/h1-8H,9-11H2,(H,18,19). The van der Waals surface area contributed by atoms with E-state index in [9.17, 15) is 9.59 Å². The highest BCUT2D eigenvalue weighted by atomic mass is 16.5. The lowest BCUT2D eigenvalue weighted by Crippen LogP contribution is -2.21. The number of benzene rings is 1. The fraction of sp³-hybridized carbons (Fsp3) is 0.200. The van der Waals surface area contributed by atoms with Crippen LogP contribution in [-0.4, -0.2) is 22.2 Å². The van der Waals surface area contributed by atoms with Crippen molar-refractivity contribution in [3.05, 3.63) is 64.6 Å². The normalized spacial score (nSPS) is 10.2. The zero-order chi connectivity index (χ0) is 14.4. The van der Waals surface area contributed by atoms with Crippen molar-refractivity contribution in [1.82, 2.24) is 4.57 Å².